The number of nitrogens with zero attached hydrogens (tertiary/aromatic N) is 1. The summed E-state index contributed by atoms with van der Waals surface area (Å²) in [6.45, 7) is 6.60. The number of hydrogen-bond donors (Lipinski definition) is 0. The minimum atomic E-state index is 0.131. The molecule has 1 aromatic rings. The molecule has 1 heterocycles. The largest absolute Gasteiger partial charge is 0.488 e. The highest BCUT2D eigenvalue weighted by Gasteiger charge is 2.26. The lowest BCUT2D eigenvalue weighted by Crippen LogP contribution is -2.14. The van der Waals surface area contributed by atoms with E-state index in [1.54, 1.807) is 0 Å². The Labute approximate surface area is 105 Å². The maximum atomic E-state index is 5.82. The van der Waals surface area contributed by atoms with E-state index in [1.807, 2.05) is 12.4 Å². The molecule has 15 heavy (non-hydrogen) atoms. The molecule has 3 heteroatoms. The molecule has 1 saturated carbocycles. The van der Waals surface area contributed by atoms with Crippen molar-refractivity contribution in [1.29, 1.82) is 0 Å². The highest BCUT2D eigenvalue weighted by Crippen LogP contribution is 2.35. The van der Waals surface area contributed by atoms with Gasteiger partial charge in [0.1, 0.15) is 0 Å². The number of halogens is 1. The molecular formula is C12H16INO. The number of pyridine rings is 1. The van der Waals surface area contributed by atoms with Gasteiger partial charge in [0, 0.05) is 6.20 Å². The molecule has 1 fully saturated rings. The van der Waals surface area contributed by atoms with Gasteiger partial charge in [-0.3, -0.25) is 4.98 Å². The van der Waals surface area contributed by atoms with Gasteiger partial charge >= 0.3 is 0 Å². The lowest BCUT2D eigenvalue weighted by Gasteiger charge is -2.21. The van der Waals surface area contributed by atoms with Crippen LogP contribution in [0.1, 0.15) is 39.2 Å². The van der Waals surface area contributed by atoms with Crippen molar-refractivity contribution in [3.05, 3.63) is 21.5 Å². The van der Waals surface area contributed by atoms with Gasteiger partial charge in [0.2, 0.25) is 0 Å². The molecule has 0 spiro atoms. The van der Waals surface area contributed by atoms with E-state index >= 15 is 0 Å². The molecule has 0 radical (unpaired) electrons. The van der Waals surface area contributed by atoms with Crippen LogP contribution in [0.15, 0.2) is 12.4 Å². The Balaban J connectivity index is 2.31. The van der Waals surface area contributed by atoms with Gasteiger partial charge in [-0.2, -0.15) is 0 Å². The number of hydrogen-bond acceptors (Lipinski definition) is 2. The molecule has 0 N–H and O–H groups in total. The van der Waals surface area contributed by atoms with E-state index in [0.717, 1.165) is 5.75 Å². The van der Waals surface area contributed by atoms with Crippen LogP contribution in [0.25, 0.3) is 0 Å². The molecule has 0 unspecified atom stereocenters. The molecule has 0 aromatic carbocycles. The molecule has 0 atom stereocenters. The lowest BCUT2D eigenvalue weighted by atomic mass is 9.88. The fourth-order valence-corrected chi connectivity index (χ4v) is 2.61. The van der Waals surface area contributed by atoms with Gasteiger partial charge in [0.05, 0.1) is 15.9 Å². The molecule has 0 amide bonds. The second kappa shape index (κ2) is 3.92. The van der Waals surface area contributed by atoms with E-state index in [-0.39, 0.29) is 5.41 Å². The summed E-state index contributed by atoms with van der Waals surface area (Å²) < 4.78 is 7.03. The topological polar surface area (TPSA) is 22.1 Å². The molecular weight excluding hydrogens is 301 g/mol. The Morgan fingerprint density at radius 3 is 2.53 bits per heavy atom. The standard InChI is InChI=1S/C12H16INO/c1-12(2,3)9-6-14-7-10(11(9)13)15-8-4-5-8/h6-8H,4-5H2,1-3H3. The minimum Gasteiger partial charge on any atom is -0.488 e. The number of rotatable bonds is 2. The van der Waals surface area contributed by atoms with Crippen molar-refractivity contribution in [3.8, 4) is 5.75 Å². The summed E-state index contributed by atoms with van der Waals surface area (Å²) in [7, 11) is 0. The van der Waals surface area contributed by atoms with Crippen LogP contribution in [0, 0.1) is 3.57 Å². The zero-order valence-electron chi connectivity index (χ0n) is 9.38. The van der Waals surface area contributed by atoms with E-state index in [2.05, 4.69) is 48.3 Å². The molecule has 82 valence electrons. The van der Waals surface area contributed by atoms with Crippen molar-refractivity contribution in [3.63, 3.8) is 0 Å². The average molecular weight is 317 g/mol. The Morgan fingerprint density at radius 1 is 1.33 bits per heavy atom. The van der Waals surface area contributed by atoms with Gasteiger partial charge < -0.3 is 4.74 Å². The maximum Gasteiger partial charge on any atom is 0.151 e. The molecule has 0 saturated heterocycles. The van der Waals surface area contributed by atoms with Crippen molar-refractivity contribution in [2.75, 3.05) is 0 Å². The third-order valence-electron chi connectivity index (χ3n) is 2.47. The molecule has 2 nitrogen and oxygen atoms in total. The van der Waals surface area contributed by atoms with Crippen LogP contribution in [-0.4, -0.2) is 11.1 Å². The first-order valence-electron chi connectivity index (χ1n) is 5.29. The van der Waals surface area contributed by atoms with Crippen LogP contribution in [0.2, 0.25) is 0 Å². The molecule has 0 aliphatic heterocycles. The predicted octanol–water partition coefficient (Wildman–Crippen LogP) is 3.52. The van der Waals surface area contributed by atoms with Crippen LogP contribution in [0.4, 0.5) is 0 Å². The summed E-state index contributed by atoms with van der Waals surface area (Å²) >= 11 is 2.36. The van der Waals surface area contributed by atoms with Crippen LogP contribution in [-0.2, 0) is 5.41 Å². The van der Waals surface area contributed by atoms with Crippen LogP contribution in [0.5, 0.6) is 5.75 Å². The first kappa shape index (κ1) is 11.2. The van der Waals surface area contributed by atoms with E-state index in [1.165, 1.54) is 22.0 Å². The fraction of sp³-hybridized carbons (Fsp3) is 0.583. The summed E-state index contributed by atoms with van der Waals surface area (Å²) in [6, 6.07) is 0. The molecule has 2 rings (SSSR count). The smallest absolute Gasteiger partial charge is 0.151 e. The summed E-state index contributed by atoms with van der Waals surface area (Å²) in [5, 5.41) is 0. The van der Waals surface area contributed by atoms with E-state index in [4.69, 9.17) is 4.74 Å². The third-order valence-corrected chi connectivity index (χ3v) is 3.59. The third kappa shape index (κ3) is 2.62. The van der Waals surface area contributed by atoms with Gasteiger partial charge in [-0.05, 0) is 46.4 Å². The monoisotopic (exact) mass is 317 g/mol. The molecule has 1 aromatic heterocycles. The summed E-state index contributed by atoms with van der Waals surface area (Å²) in [4.78, 5) is 4.26. The highest BCUT2D eigenvalue weighted by molar-refractivity contribution is 14.1. The van der Waals surface area contributed by atoms with Gasteiger partial charge in [0.15, 0.2) is 5.75 Å². The van der Waals surface area contributed by atoms with Crippen molar-refractivity contribution >= 4 is 22.6 Å². The molecule has 1 aliphatic rings. The predicted molar refractivity (Wildman–Crippen MR) is 69.3 cm³/mol. The maximum absolute atomic E-state index is 5.82. The van der Waals surface area contributed by atoms with Gasteiger partial charge in [-0.25, -0.2) is 0 Å². The van der Waals surface area contributed by atoms with E-state index < -0.39 is 0 Å². The SMILES string of the molecule is CC(C)(C)c1cncc(OC2CC2)c1I. The highest BCUT2D eigenvalue weighted by atomic mass is 127. The van der Waals surface area contributed by atoms with Crippen molar-refractivity contribution < 1.29 is 4.74 Å². The fourth-order valence-electron chi connectivity index (χ4n) is 1.40. The minimum absolute atomic E-state index is 0.131. The Kier molecular flexibility index (Phi) is 2.92. The molecule has 1 aliphatic carbocycles. The zero-order chi connectivity index (χ0) is 11.1. The lowest BCUT2D eigenvalue weighted by molar-refractivity contribution is 0.298. The van der Waals surface area contributed by atoms with Crippen LogP contribution in [0.3, 0.4) is 0 Å². The average Bonchev–Trinajstić information content (AvgIpc) is 2.90. The first-order valence-corrected chi connectivity index (χ1v) is 6.37. The second-order valence-electron chi connectivity index (χ2n) is 5.07. The normalized spacial score (nSPS) is 16.5. The van der Waals surface area contributed by atoms with E-state index in [9.17, 15) is 0 Å². The van der Waals surface area contributed by atoms with Crippen LogP contribution >= 0.6 is 22.6 Å². The summed E-state index contributed by atoms with van der Waals surface area (Å²) in [5.74, 6) is 0.950. The van der Waals surface area contributed by atoms with Crippen LogP contribution < -0.4 is 4.74 Å². The Bertz CT molecular complexity index is 366. The van der Waals surface area contributed by atoms with Gasteiger partial charge in [-0.15, -0.1) is 0 Å². The first-order chi connectivity index (χ1) is 6.98. The Morgan fingerprint density at radius 2 is 2.00 bits per heavy atom. The second-order valence-corrected chi connectivity index (χ2v) is 6.15. The van der Waals surface area contributed by atoms with Gasteiger partial charge in [-0.1, -0.05) is 20.8 Å². The molecule has 0 bridgehead atoms. The van der Waals surface area contributed by atoms with E-state index in [0.29, 0.717) is 6.10 Å². The summed E-state index contributed by atoms with van der Waals surface area (Å²) in [5.41, 5.74) is 1.40. The number of ether oxygens (including phenoxy) is 1. The zero-order valence-corrected chi connectivity index (χ0v) is 11.5. The quantitative estimate of drug-likeness (QED) is 0.779. The van der Waals surface area contributed by atoms with Crippen molar-refractivity contribution in [2.45, 2.75) is 45.1 Å². The number of aromatic nitrogens is 1. The van der Waals surface area contributed by atoms with Crippen molar-refractivity contribution in [1.82, 2.24) is 4.98 Å². The van der Waals surface area contributed by atoms with Crippen molar-refractivity contribution in [2.24, 2.45) is 0 Å². The summed E-state index contributed by atoms with van der Waals surface area (Å²) in [6.07, 6.45) is 6.60. The van der Waals surface area contributed by atoms with Gasteiger partial charge in [0.25, 0.3) is 0 Å². The Hall–Kier alpha value is -0.320.